The van der Waals surface area contributed by atoms with Gasteiger partial charge < -0.3 is 9.80 Å². The Labute approximate surface area is 277 Å². The molecule has 6 nitrogen and oxygen atoms in total. The maximum atomic E-state index is 14.5. The molecule has 3 heterocycles. The molecule has 3 aromatic carbocycles. The molecule has 0 unspecified atom stereocenters. The molecule has 0 bridgehead atoms. The standard InChI is InChI=1S/C39H33F3N4O2/c40-39(41,42)33-18-13-28(14-19-33)15-20-37(47)46(26-30-11-16-32(17-12-30)34-10-4-5-22-43-34)36(25-29-7-2-1-3-8-29)38(48)45-24-21-31-9-6-23-44-35(31)27-45/h1-20,22-23,36H,21,24-27H2/b20-15+/t36-/m0/s1. The first kappa shape index (κ1) is 32.4. The highest BCUT2D eigenvalue weighted by Crippen LogP contribution is 2.29. The molecular formula is C39H33F3N4O2. The number of halogens is 3. The van der Waals surface area contributed by atoms with Crippen molar-refractivity contribution in [1.29, 1.82) is 0 Å². The van der Waals surface area contributed by atoms with E-state index in [1.54, 1.807) is 22.2 Å². The molecule has 5 aromatic rings. The van der Waals surface area contributed by atoms with Crippen LogP contribution in [-0.2, 0) is 41.7 Å². The van der Waals surface area contributed by atoms with E-state index in [9.17, 15) is 22.8 Å². The first-order chi connectivity index (χ1) is 23.2. The number of carbonyl (C=O) groups excluding carboxylic acids is 2. The summed E-state index contributed by atoms with van der Waals surface area (Å²) in [5.41, 5.74) is 5.02. The second-order valence-electron chi connectivity index (χ2n) is 11.7. The second-order valence-corrected chi connectivity index (χ2v) is 11.7. The highest BCUT2D eigenvalue weighted by atomic mass is 19.4. The molecule has 6 rings (SSSR count). The lowest BCUT2D eigenvalue weighted by Crippen LogP contribution is -2.52. The van der Waals surface area contributed by atoms with E-state index in [1.807, 2.05) is 84.9 Å². The number of rotatable bonds is 9. The molecule has 0 aliphatic carbocycles. The SMILES string of the molecule is O=C([C@H](Cc1ccccc1)N(Cc1ccc(-c2ccccn2)cc1)C(=O)/C=C/c1ccc(C(F)(F)F)cc1)N1CCc2cccnc2C1. The van der Waals surface area contributed by atoms with E-state index in [2.05, 4.69) is 9.97 Å². The molecule has 0 spiro atoms. The molecule has 0 saturated carbocycles. The molecule has 0 radical (unpaired) electrons. The quantitative estimate of drug-likeness (QED) is 0.157. The fourth-order valence-corrected chi connectivity index (χ4v) is 5.82. The van der Waals surface area contributed by atoms with Crippen LogP contribution < -0.4 is 0 Å². The van der Waals surface area contributed by atoms with Crippen molar-refractivity contribution in [2.45, 2.75) is 38.1 Å². The van der Waals surface area contributed by atoms with E-state index in [-0.39, 0.29) is 18.9 Å². The van der Waals surface area contributed by atoms with Crippen LogP contribution in [0.3, 0.4) is 0 Å². The molecule has 1 aliphatic rings. The van der Waals surface area contributed by atoms with E-state index in [0.29, 0.717) is 25.1 Å². The van der Waals surface area contributed by atoms with Gasteiger partial charge in [0.25, 0.3) is 0 Å². The summed E-state index contributed by atoms with van der Waals surface area (Å²) in [6.07, 6.45) is 2.71. The number of carbonyl (C=O) groups is 2. The maximum absolute atomic E-state index is 14.5. The molecule has 0 saturated heterocycles. The third-order valence-electron chi connectivity index (χ3n) is 8.43. The molecule has 2 amide bonds. The first-order valence-corrected chi connectivity index (χ1v) is 15.7. The molecule has 1 atom stereocenters. The maximum Gasteiger partial charge on any atom is 0.416 e. The Morgan fingerprint density at radius 2 is 1.54 bits per heavy atom. The van der Waals surface area contributed by atoms with Crippen LogP contribution in [0.5, 0.6) is 0 Å². The Morgan fingerprint density at radius 3 is 2.25 bits per heavy atom. The number of hydrogen-bond donors (Lipinski definition) is 0. The number of alkyl halides is 3. The number of nitrogens with zero attached hydrogens (tertiary/aromatic N) is 4. The molecular weight excluding hydrogens is 613 g/mol. The largest absolute Gasteiger partial charge is 0.416 e. The lowest BCUT2D eigenvalue weighted by Gasteiger charge is -2.36. The van der Waals surface area contributed by atoms with Crippen molar-refractivity contribution in [3.63, 3.8) is 0 Å². The number of fused-ring (bicyclic) bond motifs is 1. The molecule has 48 heavy (non-hydrogen) atoms. The van der Waals surface area contributed by atoms with Crippen molar-refractivity contribution in [2.24, 2.45) is 0 Å². The third-order valence-corrected chi connectivity index (χ3v) is 8.43. The van der Waals surface area contributed by atoms with Crippen molar-refractivity contribution >= 4 is 17.9 Å². The van der Waals surface area contributed by atoms with Crippen LogP contribution in [0, 0.1) is 0 Å². The minimum absolute atomic E-state index is 0.130. The van der Waals surface area contributed by atoms with Crippen LogP contribution in [-0.4, -0.2) is 44.2 Å². The molecule has 0 N–H and O–H groups in total. The average Bonchev–Trinajstić information content (AvgIpc) is 3.12. The summed E-state index contributed by atoms with van der Waals surface area (Å²) in [5.74, 6) is -0.634. The Kier molecular flexibility index (Phi) is 9.75. The monoisotopic (exact) mass is 646 g/mol. The van der Waals surface area contributed by atoms with Crippen LogP contribution in [0.1, 0.15) is 33.5 Å². The van der Waals surface area contributed by atoms with Crippen molar-refractivity contribution in [1.82, 2.24) is 19.8 Å². The molecule has 2 aromatic heterocycles. The Balaban J connectivity index is 1.34. The van der Waals surface area contributed by atoms with Gasteiger partial charge in [0.2, 0.25) is 11.8 Å². The fourth-order valence-electron chi connectivity index (χ4n) is 5.82. The van der Waals surface area contributed by atoms with Crippen LogP contribution in [0.2, 0.25) is 0 Å². The highest BCUT2D eigenvalue weighted by Gasteiger charge is 2.34. The van der Waals surface area contributed by atoms with E-state index in [4.69, 9.17) is 0 Å². The summed E-state index contributed by atoms with van der Waals surface area (Å²) in [6.45, 7) is 0.956. The summed E-state index contributed by atoms with van der Waals surface area (Å²) in [4.78, 5) is 40.8. The smallest absolute Gasteiger partial charge is 0.335 e. The number of benzene rings is 3. The van der Waals surface area contributed by atoms with Gasteiger partial charge in [-0.3, -0.25) is 19.6 Å². The Hall–Kier alpha value is -5.57. The van der Waals surface area contributed by atoms with Gasteiger partial charge >= 0.3 is 6.18 Å². The van der Waals surface area contributed by atoms with Gasteiger partial charge in [0.1, 0.15) is 6.04 Å². The van der Waals surface area contributed by atoms with Crippen molar-refractivity contribution in [2.75, 3.05) is 6.54 Å². The van der Waals surface area contributed by atoms with E-state index in [0.717, 1.165) is 45.8 Å². The Morgan fingerprint density at radius 1 is 0.812 bits per heavy atom. The normalized spacial score (nSPS) is 13.6. The number of pyridine rings is 2. The van der Waals surface area contributed by atoms with Gasteiger partial charge in [0.05, 0.1) is 23.5 Å². The van der Waals surface area contributed by atoms with Crippen LogP contribution in [0.15, 0.2) is 128 Å². The van der Waals surface area contributed by atoms with Crippen LogP contribution >= 0.6 is 0 Å². The molecule has 9 heteroatoms. The summed E-state index contributed by atoms with van der Waals surface area (Å²) in [7, 11) is 0. The van der Waals surface area contributed by atoms with Gasteiger partial charge in [0, 0.05) is 43.5 Å². The second kappa shape index (κ2) is 14.5. The summed E-state index contributed by atoms with van der Waals surface area (Å²) < 4.78 is 39.4. The average molecular weight is 647 g/mol. The van der Waals surface area contributed by atoms with Crippen molar-refractivity contribution < 1.29 is 22.8 Å². The number of aromatic nitrogens is 2. The van der Waals surface area contributed by atoms with Crippen LogP contribution in [0.25, 0.3) is 17.3 Å². The van der Waals surface area contributed by atoms with E-state index >= 15 is 0 Å². The number of amides is 2. The fraction of sp³-hybridized carbons (Fsp3) is 0.179. The van der Waals surface area contributed by atoms with Gasteiger partial charge in [-0.05, 0) is 65.1 Å². The van der Waals surface area contributed by atoms with Gasteiger partial charge in [-0.25, -0.2) is 0 Å². The molecule has 0 fully saturated rings. The lowest BCUT2D eigenvalue weighted by atomic mass is 9.99. The van der Waals surface area contributed by atoms with Crippen molar-refractivity contribution in [3.8, 4) is 11.3 Å². The molecule has 242 valence electrons. The van der Waals surface area contributed by atoms with E-state index in [1.165, 1.54) is 24.3 Å². The van der Waals surface area contributed by atoms with Gasteiger partial charge in [-0.15, -0.1) is 0 Å². The lowest BCUT2D eigenvalue weighted by molar-refractivity contribution is -0.144. The number of hydrogen-bond acceptors (Lipinski definition) is 4. The summed E-state index contributed by atoms with van der Waals surface area (Å²) >= 11 is 0. The zero-order valence-corrected chi connectivity index (χ0v) is 26.1. The van der Waals surface area contributed by atoms with Crippen molar-refractivity contribution in [3.05, 3.63) is 161 Å². The predicted molar refractivity (Wildman–Crippen MR) is 178 cm³/mol. The van der Waals surface area contributed by atoms with E-state index < -0.39 is 23.7 Å². The van der Waals surface area contributed by atoms with Gasteiger partial charge in [0.15, 0.2) is 0 Å². The predicted octanol–water partition coefficient (Wildman–Crippen LogP) is 7.40. The zero-order chi connectivity index (χ0) is 33.5. The topological polar surface area (TPSA) is 66.4 Å². The zero-order valence-electron chi connectivity index (χ0n) is 26.1. The van der Waals surface area contributed by atoms with Gasteiger partial charge in [-0.2, -0.15) is 13.2 Å². The van der Waals surface area contributed by atoms with Gasteiger partial charge in [-0.1, -0.05) is 78.9 Å². The minimum Gasteiger partial charge on any atom is -0.335 e. The third kappa shape index (κ3) is 7.86. The van der Waals surface area contributed by atoms with Crippen LogP contribution in [0.4, 0.5) is 13.2 Å². The summed E-state index contributed by atoms with van der Waals surface area (Å²) in [6, 6.07) is 30.5. The Bertz CT molecular complexity index is 1880. The minimum atomic E-state index is -4.46. The first-order valence-electron chi connectivity index (χ1n) is 15.7. The summed E-state index contributed by atoms with van der Waals surface area (Å²) in [5, 5.41) is 0. The molecule has 1 aliphatic heterocycles. The highest BCUT2D eigenvalue weighted by molar-refractivity contribution is 5.96.